The lowest BCUT2D eigenvalue weighted by atomic mass is 10.0. The maximum Gasteiger partial charge on any atom is 0.120 e. The summed E-state index contributed by atoms with van der Waals surface area (Å²) in [6.07, 6.45) is 0.620. The van der Waals surface area contributed by atoms with Crippen LogP contribution in [-0.2, 0) is 31.6 Å². The van der Waals surface area contributed by atoms with Crippen LogP contribution in [0.15, 0.2) is 60.7 Å². The van der Waals surface area contributed by atoms with Crippen LogP contribution in [0, 0.1) is 0 Å². The molecule has 2 fully saturated rings. The molecule has 176 valence electrons. The van der Waals surface area contributed by atoms with E-state index < -0.39 is 22.0 Å². The first-order chi connectivity index (χ1) is 15.6. The van der Waals surface area contributed by atoms with Gasteiger partial charge in [0.1, 0.15) is 11.0 Å². The Bertz CT molecular complexity index is 822. The Hall–Kier alpha value is -1.45. The van der Waals surface area contributed by atoms with Crippen LogP contribution in [0.25, 0.3) is 0 Å². The first kappa shape index (κ1) is 23.7. The Labute approximate surface area is 192 Å². The van der Waals surface area contributed by atoms with Crippen molar-refractivity contribution in [2.24, 2.45) is 0 Å². The first-order valence-electron chi connectivity index (χ1n) is 11.3. The Morgan fingerprint density at radius 3 is 2.28 bits per heavy atom. The van der Waals surface area contributed by atoms with E-state index >= 15 is 0 Å². The molecule has 0 spiro atoms. The minimum Gasteiger partial charge on any atom is -0.396 e. The van der Waals surface area contributed by atoms with Gasteiger partial charge in [0.05, 0.1) is 39.1 Å². The number of rotatable bonds is 13. The highest BCUT2D eigenvalue weighted by atomic mass is 32.3. The van der Waals surface area contributed by atoms with Gasteiger partial charge in [0.15, 0.2) is 0 Å². The molecule has 2 saturated heterocycles. The zero-order valence-electron chi connectivity index (χ0n) is 18.4. The van der Waals surface area contributed by atoms with Crippen LogP contribution in [0.4, 0.5) is 0 Å². The fourth-order valence-corrected chi connectivity index (χ4v) is 7.17. The van der Waals surface area contributed by atoms with E-state index in [1.807, 2.05) is 60.7 Å². The first-order valence-corrected chi connectivity index (χ1v) is 13.2. The maximum absolute atomic E-state index is 10.3. The predicted molar refractivity (Wildman–Crippen MR) is 125 cm³/mol. The molecule has 0 aromatic heterocycles. The van der Waals surface area contributed by atoms with E-state index in [1.165, 1.54) is 0 Å². The summed E-state index contributed by atoms with van der Waals surface area (Å²) >= 11 is 0. The second-order valence-corrected chi connectivity index (χ2v) is 11.9. The molecule has 2 aliphatic heterocycles. The topological polar surface area (TPSA) is 77.4 Å². The summed E-state index contributed by atoms with van der Waals surface area (Å²) in [6, 6.07) is 20.0. The average Bonchev–Trinajstić information content (AvgIpc) is 3.53. The van der Waals surface area contributed by atoms with E-state index in [-0.39, 0.29) is 12.0 Å². The lowest BCUT2D eigenvalue weighted by Crippen LogP contribution is -2.46. The van der Waals surface area contributed by atoms with E-state index in [0.29, 0.717) is 45.9 Å². The molecule has 4 rings (SSSR count). The predicted octanol–water partition coefficient (Wildman–Crippen LogP) is 3.40. The Balaban J connectivity index is 1.19. The van der Waals surface area contributed by atoms with Gasteiger partial charge in [-0.05, 0) is 17.5 Å². The molecule has 0 bridgehead atoms. The van der Waals surface area contributed by atoms with E-state index in [0.717, 1.165) is 22.6 Å². The molecule has 3 unspecified atom stereocenters. The summed E-state index contributed by atoms with van der Waals surface area (Å²) in [5.74, 6) is 1.71. The van der Waals surface area contributed by atoms with Gasteiger partial charge < -0.3 is 28.6 Å². The van der Waals surface area contributed by atoms with Crippen LogP contribution in [0.1, 0.15) is 24.0 Å². The highest BCUT2D eigenvalue weighted by Gasteiger charge is 2.59. The number of hydrogen-bond acceptors (Lipinski definition) is 6. The van der Waals surface area contributed by atoms with Crippen LogP contribution in [0.2, 0.25) is 0 Å². The largest absolute Gasteiger partial charge is 0.396 e. The van der Waals surface area contributed by atoms with Crippen molar-refractivity contribution in [3.05, 3.63) is 71.8 Å². The Morgan fingerprint density at radius 2 is 1.66 bits per heavy atom. The SMILES string of the molecule is OCCC1(COCc2ccccc2)COS2(CC[C@@H](O)COCc3ccccc3)CC2O1. The molecule has 4 atom stereocenters. The molecule has 0 aliphatic carbocycles. The molecule has 7 heteroatoms. The maximum atomic E-state index is 10.3. The summed E-state index contributed by atoms with van der Waals surface area (Å²) in [5, 5.41) is 19.9. The van der Waals surface area contributed by atoms with Crippen molar-refractivity contribution >= 4 is 10.3 Å². The standard InChI is InChI=1S/C25H34O6S/c26-13-12-25(19-29-16-22-9-5-2-6-10-22)20-30-32(18-24(32)31-25)14-11-23(27)17-28-15-21-7-3-1-4-8-21/h1-10,23-24,26-27H,11-20H2/t23-,24?,25?/m1/s1. The second kappa shape index (κ2) is 11.1. The fourth-order valence-electron chi connectivity index (χ4n) is 3.97. The van der Waals surface area contributed by atoms with Gasteiger partial charge in [-0.15, -0.1) is 10.3 Å². The van der Waals surface area contributed by atoms with Crippen LogP contribution < -0.4 is 0 Å². The van der Waals surface area contributed by atoms with Crippen molar-refractivity contribution in [1.82, 2.24) is 0 Å². The lowest BCUT2D eigenvalue weighted by Gasteiger charge is -2.41. The van der Waals surface area contributed by atoms with Gasteiger partial charge in [-0.2, -0.15) is 0 Å². The summed E-state index contributed by atoms with van der Waals surface area (Å²) in [7, 11) is -1.29. The Morgan fingerprint density at radius 1 is 1.00 bits per heavy atom. The van der Waals surface area contributed by atoms with E-state index in [1.54, 1.807) is 0 Å². The quantitative estimate of drug-likeness (QED) is 0.445. The smallest absolute Gasteiger partial charge is 0.120 e. The van der Waals surface area contributed by atoms with Crippen molar-refractivity contribution in [1.29, 1.82) is 0 Å². The molecule has 2 N–H and O–H groups in total. The van der Waals surface area contributed by atoms with Crippen molar-refractivity contribution in [3.8, 4) is 0 Å². The van der Waals surface area contributed by atoms with Gasteiger partial charge in [-0.3, -0.25) is 0 Å². The van der Waals surface area contributed by atoms with Gasteiger partial charge >= 0.3 is 0 Å². The normalized spacial score (nSPS) is 29.6. The summed E-state index contributed by atoms with van der Waals surface area (Å²) in [5.41, 5.74) is 1.68. The minimum atomic E-state index is -1.29. The van der Waals surface area contributed by atoms with Crippen molar-refractivity contribution < 1.29 is 28.6 Å². The minimum absolute atomic E-state index is 0.0323. The van der Waals surface area contributed by atoms with Crippen molar-refractivity contribution in [2.45, 2.75) is 43.2 Å². The zero-order chi connectivity index (χ0) is 22.3. The van der Waals surface area contributed by atoms with Crippen LogP contribution in [0.5, 0.6) is 0 Å². The third kappa shape index (κ3) is 6.32. The van der Waals surface area contributed by atoms with E-state index in [2.05, 4.69) is 0 Å². The van der Waals surface area contributed by atoms with Gasteiger partial charge in [-0.1, -0.05) is 60.7 Å². The molecular weight excluding hydrogens is 428 g/mol. The van der Waals surface area contributed by atoms with Gasteiger partial charge in [0.2, 0.25) is 0 Å². The van der Waals surface area contributed by atoms with E-state index in [4.69, 9.17) is 18.4 Å². The van der Waals surface area contributed by atoms with Crippen LogP contribution >= 0.6 is 10.3 Å². The second-order valence-electron chi connectivity index (χ2n) is 8.63. The summed E-state index contributed by atoms with van der Waals surface area (Å²) in [4.78, 5) is 0. The average molecular weight is 463 g/mol. The molecule has 32 heavy (non-hydrogen) atoms. The van der Waals surface area contributed by atoms with E-state index in [9.17, 15) is 10.2 Å². The molecule has 2 aromatic rings. The van der Waals surface area contributed by atoms with Crippen molar-refractivity contribution in [2.75, 3.05) is 37.9 Å². The zero-order valence-corrected chi connectivity index (χ0v) is 19.3. The number of hydrogen-bond donors (Lipinski definition) is 2. The van der Waals surface area contributed by atoms with Crippen LogP contribution in [0.3, 0.4) is 0 Å². The number of ether oxygens (including phenoxy) is 3. The molecule has 0 radical (unpaired) electrons. The third-order valence-corrected chi connectivity index (χ3v) is 9.16. The molecular formula is C25H34O6S. The number of aliphatic hydroxyl groups excluding tert-OH is 2. The summed E-state index contributed by atoms with van der Waals surface area (Å²) in [6.45, 7) is 2.18. The van der Waals surface area contributed by atoms with Crippen LogP contribution in [-0.4, -0.2) is 65.3 Å². The molecule has 2 aliphatic rings. The highest BCUT2D eigenvalue weighted by Crippen LogP contribution is 2.72. The number of benzene rings is 2. The molecule has 2 heterocycles. The highest BCUT2D eigenvalue weighted by molar-refractivity contribution is 8.36. The van der Waals surface area contributed by atoms with Crippen molar-refractivity contribution in [3.63, 3.8) is 0 Å². The van der Waals surface area contributed by atoms with Gasteiger partial charge in [0.25, 0.3) is 0 Å². The molecule has 0 saturated carbocycles. The fraction of sp³-hybridized carbons (Fsp3) is 0.520. The van der Waals surface area contributed by atoms with Gasteiger partial charge in [-0.25, -0.2) is 0 Å². The third-order valence-electron chi connectivity index (χ3n) is 5.98. The number of fused-ring (bicyclic) bond motifs is 1. The molecule has 6 nitrogen and oxygen atoms in total. The number of aliphatic hydroxyl groups is 2. The lowest BCUT2D eigenvalue weighted by molar-refractivity contribution is -0.138. The van der Waals surface area contributed by atoms with Gasteiger partial charge in [0, 0.05) is 24.5 Å². The Kier molecular flexibility index (Phi) is 8.23. The monoisotopic (exact) mass is 462 g/mol. The molecule has 0 amide bonds. The summed E-state index contributed by atoms with van der Waals surface area (Å²) < 4.78 is 24.4. The molecule has 2 aromatic carbocycles.